The lowest BCUT2D eigenvalue weighted by molar-refractivity contribution is -0.0346. The van der Waals surface area contributed by atoms with Crippen LogP contribution in [0, 0.1) is 28.6 Å². The molecular formula is C20H32OS. The van der Waals surface area contributed by atoms with E-state index in [0.29, 0.717) is 10.8 Å². The number of aliphatic hydroxyl groups is 1. The van der Waals surface area contributed by atoms with Crippen molar-refractivity contribution in [1.82, 2.24) is 0 Å². The first-order valence-corrected chi connectivity index (χ1v) is 10.7. The van der Waals surface area contributed by atoms with Crippen LogP contribution < -0.4 is 0 Å². The zero-order chi connectivity index (χ0) is 15.5. The van der Waals surface area contributed by atoms with Gasteiger partial charge in [-0.2, -0.15) is 11.8 Å². The average molecular weight is 321 g/mol. The molecule has 0 heterocycles. The molecule has 0 radical (unpaired) electrons. The summed E-state index contributed by atoms with van der Waals surface area (Å²) < 4.78 is 0. The molecular weight excluding hydrogens is 288 g/mol. The van der Waals surface area contributed by atoms with Gasteiger partial charge in [0.05, 0.1) is 6.10 Å². The Kier molecular flexibility index (Phi) is 3.73. The van der Waals surface area contributed by atoms with E-state index >= 15 is 0 Å². The van der Waals surface area contributed by atoms with E-state index < -0.39 is 0 Å². The summed E-state index contributed by atoms with van der Waals surface area (Å²) in [5.41, 5.74) is 2.60. The summed E-state index contributed by atoms with van der Waals surface area (Å²) in [6.07, 6.45) is 15.1. The first-order chi connectivity index (χ1) is 10.5. The van der Waals surface area contributed by atoms with Gasteiger partial charge in [0.1, 0.15) is 0 Å². The molecule has 124 valence electrons. The Labute approximate surface area is 140 Å². The fourth-order valence-electron chi connectivity index (χ4n) is 6.98. The van der Waals surface area contributed by atoms with Gasteiger partial charge in [-0.15, -0.1) is 0 Å². The van der Waals surface area contributed by atoms with Crippen LogP contribution in [0.4, 0.5) is 0 Å². The number of allylic oxidation sites excluding steroid dienone is 1. The minimum absolute atomic E-state index is 0.0721. The zero-order valence-electron chi connectivity index (χ0n) is 14.5. The monoisotopic (exact) mass is 320 g/mol. The molecule has 0 aliphatic heterocycles. The van der Waals surface area contributed by atoms with Crippen molar-refractivity contribution < 1.29 is 5.11 Å². The lowest BCUT2D eigenvalue weighted by Crippen LogP contribution is -2.50. The predicted molar refractivity (Wildman–Crippen MR) is 95.0 cm³/mol. The summed E-state index contributed by atoms with van der Waals surface area (Å²) in [5.74, 6) is 2.75. The molecule has 1 N–H and O–H groups in total. The van der Waals surface area contributed by atoms with Crippen molar-refractivity contribution in [2.75, 3.05) is 6.26 Å². The fourth-order valence-corrected chi connectivity index (χ4v) is 8.18. The van der Waals surface area contributed by atoms with Gasteiger partial charge in [0.25, 0.3) is 0 Å². The van der Waals surface area contributed by atoms with Crippen molar-refractivity contribution in [2.45, 2.75) is 76.6 Å². The standard InChI is InChI=1S/C20H32OS/c1-19-10-8-14(21)12-13(19)4-5-15-16-6-7-18(22-3)20(16,2)11-9-17(15)19/h4,14-18,21H,5-12H2,1-3H3/t14-,15-,16-,17-,18?,19-,20-/m0/s1. The summed E-state index contributed by atoms with van der Waals surface area (Å²) in [5, 5.41) is 11.0. The molecule has 0 bridgehead atoms. The molecule has 4 aliphatic rings. The summed E-state index contributed by atoms with van der Waals surface area (Å²) in [6.45, 7) is 5.14. The second-order valence-electron chi connectivity index (χ2n) is 9.00. The van der Waals surface area contributed by atoms with Gasteiger partial charge in [-0.25, -0.2) is 0 Å². The smallest absolute Gasteiger partial charge is 0.0577 e. The van der Waals surface area contributed by atoms with E-state index in [1.54, 1.807) is 5.57 Å². The van der Waals surface area contributed by atoms with Gasteiger partial charge in [0, 0.05) is 5.25 Å². The van der Waals surface area contributed by atoms with Crippen LogP contribution in [0.2, 0.25) is 0 Å². The summed E-state index contributed by atoms with van der Waals surface area (Å²) in [6, 6.07) is 0. The maximum atomic E-state index is 10.1. The number of fused-ring (bicyclic) bond motifs is 5. The van der Waals surface area contributed by atoms with Crippen molar-refractivity contribution in [2.24, 2.45) is 28.6 Å². The number of thioether (sulfide) groups is 1. The van der Waals surface area contributed by atoms with E-state index in [4.69, 9.17) is 0 Å². The molecule has 0 saturated heterocycles. The van der Waals surface area contributed by atoms with Crippen LogP contribution in [-0.4, -0.2) is 22.7 Å². The van der Waals surface area contributed by atoms with Gasteiger partial charge >= 0.3 is 0 Å². The topological polar surface area (TPSA) is 20.2 Å². The van der Waals surface area contributed by atoms with Crippen LogP contribution in [-0.2, 0) is 0 Å². The molecule has 0 spiro atoms. The number of hydrogen-bond acceptors (Lipinski definition) is 2. The van der Waals surface area contributed by atoms with Crippen LogP contribution in [0.15, 0.2) is 11.6 Å². The van der Waals surface area contributed by atoms with E-state index in [-0.39, 0.29) is 6.10 Å². The van der Waals surface area contributed by atoms with E-state index in [0.717, 1.165) is 35.8 Å². The maximum Gasteiger partial charge on any atom is 0.0577 e. The Morgan fingerprint density at radius 3 is 2.68 bits per heavy atom. The third-order valence-corrected chi connectivity index (χ3v) is 9.62. The molecule has 4 rings (SSSR count). The molecule has 4 aliphatic carbocycles. The van der Waals surface area contributed by atoms with Gasteiger partial charge in [0.2, 0.25) is 0 Å². The number of rotatable bonds is 1. The fraction of sp³-hybridized carbons (Fsp3) is 0.900. The van der Waals surface area contributed by atoms with Crippen LogP contribution >= 0.6 is 11.8 Å². The van der Waals surface area contributed by atoms with E-state index in [2.05, 4.69) is 37.9 Å². The molecule has 0 amide bonds. The molecule has 0 aromatic carbocycles. The Morgan fingerprint density at radius 1 is 1.09 bits per heavy atom. The minimum Gasteiger partial charge on any atom is -0.393 e. The summed E-state index contributed by atoms with van der Waals surface area (Å²) in [4.78, 5) is 0. The van der Waals surface area contributed by atoms with Gasteiger partial charge in [0.15, 0.2) is 0 Å². The second kappa shape index (κ2) is 5.28. The molecule has 0 aromatic heterocycles. The van der Waals surface area contributed by atoms with Crippen LogP contribution in [0.3, 0.4) is 0 Å². The quantitative estimate of drug-likeness (QED) is 0.683. The van der Waals surface area contributed by atoms with Crippen LogP contribution in [0.25, 0.3) is 0 Å². The van der Waals surface area contributed by atoms with Gasteiger partial charge in [-0.05, 0) is 86.2 Å². The van der Waals surface area contributed by atoms with Crippen LogP contribution in [0.5, 0.6) is 0 Å². The Morgan fingerprint density at radius 2 is 1.91 bits per heavy atom. The number of aliphatic hydroxyl groups excluding tert-OH is 1. The van der Waals surface area contributed by atoms with Gasteiger partial charge in [-0.3, -0.25) is 0 Å². The minimum atomic E-state index is -0.0721. The number of hydrogen-bond donors (Lipinski definition) is 1. The lowest BCUT2D eigenvalue weighted by atomic mass is 9.48. The Balaban J connectivity index is 1.66. The highest BCUT2D eigenvalue weighted by Crippen LogP contribution is 2.66. The normalized spacial score (nSPS) is 54.2. The predicted octanol–water partition coefficient (Wildman–Crippen LogP) is 5.04. The van der Waals surface area contributed by atoms with E-state index in [9.17, 15) is 5.11 Å². The highest BCUT2D eigenvalue weighted by Gasteiger charge is 2.58. The molecule has 0 aromatic rings. The second-order valence-corrected chi connectivity index (χ2v) is 10.0. The Hall–Kier alpha value is 0.0500. The maximum absolute atomic E-state index is 10.1. The van der Waals surface area contributed by atoms with E-state index in [1.807, 2.05) is 0 Å². The largest absolute Gasteiger partial charge is 0.393 e. The lowest BCUT2D eigenvalue weighted by Gasteiger charge is -2.58. The molecule has 1 nitrogen and oxygen atoms in total. The first kappa shape index (κ1) is 15.6. The zero-order valence-corrected chi connectivity index (χ0v) is 15.3. The highest BCUT2D eigenvalue weighted by atomic mass is 32.2. The van der Waals surface area contributed by atoms with Crippen molar-refractivity contribution in [3.63, 3.8) is 0 Å². The molecule has 7 atom stereocenters. The van der Waals surface area contributed by atoms with Crippen molar-refractivity contribution >= 4 is 11.8 Å². The van der Waals surface area contributed by atoms with Gasteiger partial charge < -0.3 is 5.11 Å². The first-order valence-electron chi connectivity index (χ1n) is 9.39. The summed E-state index contributed by atoms with van der Waals surface area (Å²) >= 11 is 2.13. The molecule has 3 saturated carbocycles. The Bertz CT molecular complexity index is 486. The molecule has 2 heteroatoms. The van der Waals surface area contributed by atoms with Crippen molar-refractivity contribution in [3.05, 3.63) is 11.6 Å². The highest BCUT2D eigenvalue weighted by molar-refractivity contribution is 7.99. The van der Waals surface area contributed by atoms with Crippen molar-refractivity contribution in [1.29, 1.82) is 0 Å². The SMILES string of the molecule is CSC1CC[C@H]2[C@@H]3CC=C4C[C@@H](O)CC[C@]4(C)[C@H]3CC[C@]12C. The third-order valence-electron chi connectivity index (χ3n) is 8.28. The third kappa shape index (κ3) is 2.02. The molecule has 1 unspecified atom stereocenters. The van der Waals surface area contributed by atoms with Crippen molar-refractivity contribution in [3.8, 4) is 0 Å². The van der Waals surface area contributed by atoms with Crippen LogP contribution in [0.1, 0.15) is 65.2 Å². The average Bonchev–Trinajstić information content (AvgIpc) is 2.84. The van der Waals surface area contributed by atoms with E-state index in [1.165, 1.54) is 38.5 Å². The molecule has 3 fully saturated rings. The summed E-state index contributed by atoms with van der Waals surface area (Å²) in [7, 11) is 0. The molecule has 22 heavy (non-hydrogen) atoms. The van der Waals surface area contributed by atoms with Gasteiger partial charge in [-0.1, -0.05) is 25.5 Å².